The SMILES string of the molecule is O=C1CCCN1c1cnc(Cc2ccc3c(c2)CCN(C2CCC2)CC3)cn1. The van der Waals surface area contributed by atoms with Gasteiger partial charge in [-0.1, -0.05) is 24.6 Å². The van der Waals surface area contributed by atoms with Gasteiger partial charge in [0.2, 0.25) is 5.91 Å². The number of amides is 1. The van der Waals surface area contributed by atoms with Gasteiger partial charge in [-0.15, -0.1) is 0 Å². The maximum absolute atomic E-state index is 11.9. The van der Waals surface area contributed by atoms with E-state index in [-0.39, 0.29) is 5.91 Å². The lowest BCUT2D eigenvalue weighted by Crippen LogP contribution is -2.41. The van der Waals surface area contributed by atoms with E-state index >= 15 is 0 Å². The molecule has 0 radical (unpaired) electrons. The van der Waals surface area contributed by atoms with Crippen molar-refractivity contribution < 1.29 is 4.79 Å². The summed E-state index contributed by atoms with van der Waals surface area (Å²) in [6.45, 7) is 3.16. The third-order valence-electron chi connectivity index (χ3n) is 6.63. The average Bonchev–Trinajstić information content (AvgIpc) is 2.99. The molecule has 0 spiro atoms. The van der Waals surface area contributed by atoms with Gasteiger partial charge in [-0.05, 0) is 48.8 Å². The second kappa shape index (κ2) is 7.63. The van der Waals surface area contributed by atoms with Crippen LogP contribution in [0.3, 0.4) is 0 Å². The Hall–Kier alpha value is -2.27. The lowest BCUT2D eigenvalue weighted by molar-refractivity contribution is -0.117. The van der Waals surface area contributed by atoms with Crippen LogP contribution in [0.5, 0.6) is 0 Å². The summed E-state index contributed by atoms with van der Waals surface area (Å²) in [7, 11) is 0. The monoisotopic (exact) mass is 376 g/mol. The van der Waals surface area contributed by atoms with Crippen LogP contribution in [0.25, 0.3) is 0 Å². The minimum atomic E-state index is 0.156. The molecule has 3 heterocycles. The summed E-state index contributed by atoms with van der Waals surface area (Å²) in [5.41, 5.74) is 5.28. The highest BCUT2D eigenvalue weighted by Gasteiger charge is 2.26. The predicted octanol–water partition coefficient (Wildman–Crippen LogP) is 3.15. The van der Waals surface area contributed by atoms with Crippen LogP contribution in [0, 0.1) is 0 Å². The molecule has 0 atom stereocenters. The highest BCUT2D eigenvalue weighted by molar-refractivity contribution is 5.94. The molecule has 0 bridgehead atoms. The van der Waals surface area contributed by atoms with Crippen molar-refractivity contribution in [2.45, 2.75) is 57.4 Å². The second-order valence-corrected chi connectivity index (χ2v) is 8.42. The Kier molecular flexibility index (Phi) is 4.85. The summed E-state index contributed by atoms with van der Waals surface area (Å²) in [5, 5.41) is 0. The normalized spacial score (nSPS) is 20.7. The summed E-state index contributed by atoms with van der Waals surface area (Å²) in [4.78, 5) is 25.4. The van der Waals surface area contributed by atoms with Crippen LogP contribution < -0.4 is 4.90 Å². The number of nitrogens with zero attached hydrogens (tertiary/aromatic N) is 4. The number of hydrogen-bond acceptors (Lipinski definition) is 4. The summed E-state index contributed by atoms with van der Waals surface area (Å²) in [6, 6.07) is 7.78. The lowest BCUT2D eigenvalue weighted by Gasteiger charge is -2.36. The van der Waals surface area contributed by atoms with Crippen molar-refractivity contribution in [2.75, 3.05) is 24.5 Å². The number of benzene rings is 1. The van der Waals surface area contributed by atoms with Gasteiger partial charge in [0, 0.05) is 38.5 Å². The van der Waals surface area contributed by atoms with Crippen LogP contribution in [0.2, 0.25) is 0 Å². The van der Waals surface area contributed by atoms with Gasteiger partial charge in [-0.3, -0.25) is 19.6 Å². The summed E-state index contributed by atoms with van der Waals surface area (Å²) in [5.74, 6) is 0.841. The first-order chi connectivity index (χ1) is 13.8. The highest BCUT2D eigenvalue weighted by Crippen LogP contribution is 2.28. The van der Waals surface area contributed by atoms with Gasteiger partial charge in [0.1, 0.15) is 0 Å². The summed E-state index contributed by atoms with van der Waals surface area (Å²) >= 11 is 0. The molecule has 1 amide bonds. The maximum Gasteiger partial charge on any atom is 0.228 e. The fourth-order valence-corrected chi connectivity index (χ4v) is 4.70. The number of aromatic nitrogens is 2. The van der Waals surface area contributed by atoms with Gasteiger partial charge in [0.05, 0.1) is 18.1 Å². The summed E-state index contributed by atoms with van der Waals surface area (Å²) in [6.07, 6.45) is 12.4. The van der Waals surface area contributed by atoms with Crippen LogP contribution in [0.15, 0.2) is 30.6 Å². The van der Waals surface area contributed by atoms with Crippen LogP contribution in [-0.2, 0) is 24.1 Å². The fraction of sp³-hybridized carbons (Fsp3) is 0.522. The molecule has 2 aliphatic heterocycles. The second-order valence-electron chi connectivity index (χ2n) is 8.42. The van der Waals surface area contributed by atoms with Crippen molar-refractivity contribution in [3.8, 4) is 0 Å². The van der Waals surface area contributed by atoms with Gasteiger partial charge in [-0.2, -0.15) is 0 Å². The highest BCUT2D eigenvalue weighted by atomic mass is 16.2. The van der Waals surface area contributed by atoms with E-state index < -0.39 is 0 Å². The zero-order valence-electron chi connectivity index (χ0n) is 16.4. The third-order valence-corrected chi connectivity index (χ3v) is 6.63. The van der Waals surface area contributed by atoms with E-state index in [0.717, 1.165) is 37.5 Å². The molecule has 5 heteroatoms. The molecule has 5 rings (SSSR count). The molecule has 1 saturated heterocycles. The van der Waals surface area contributed by atoms with Crippen LogP contribution in [0.4, 0.5) is 5.82 Å². The van der Waals surface area contributed by atoms with Crippen molar-refractivity contribution in [1.82, 2.24) is 14.9 Å². The van der Waals surface area contributed by atoms with Crippen molar-refractivity contribution >= 4 is 11.7 Å². The predicted molar refractivity (Wildman–Crippen MR) is 109 cm³/mol. The lowest BCUT2D eigenvalue weighted by atomic mass is 9.91. The molecule has 2 aromatic rings. The first-order valence-corrected chi connectivity index (χ1v) is 10.7. The van der Waals surface area contributed by atoms with Gasteiger partial charge < -0.3 is 0 Å². The first-order valence-electron chi connectivity index (χ1n) is 10.7. The standard InChI is InChI=1S/C23H28N4O/c28-23-5-2-10-27(23)22-16-24-20(15-25-22)14-17-6-7-18-8-11-26(21-3-1-4-21)12-9-19(18)13-17/h6-7,13,15-16,21H,1-5,8-12,14H2. The Morgan fingerprint density at radius 1 is 0.929 bits per heavy atom. The van der Waals surface area contributed by atoms with Crippen LogP contribution >= 0.6 is 0 Å². The van der Waals surface area contributed by atoms with E-state index in [1.54, 1.807) is 11.1 Å². The Labute approximate surface area is 166 Å². The van der Waals surface area contributed by atoms with E-state index in [1.165, 1.54) is 55.5 Å². The Morgan fingerprint density at radius 2 is 1.79 bits per heavy atom. The van der Waals surface area contributed by atoms with Gasteiger partial charge in [0.15, 0.2) is 5.82 Å². The van der Waals surface area contributed by atoms with E-state index in [0.29, 0.717) is 12.2 Å². The molecule has 3 aliphatic rings. The number of rotatable bonds is 4. The van der Waals surface area contributed by atoms with E-state index in [4.69, 9.17) is 0 Å². The minimum Gasteiger partial charge on any atom is -0.300 e. The molecule has 2 fully saturated rings. The Bertz CT molecular complexity index is 859. The van der Waals surface area contributed by atoms with Crippen molar-refractivity contribution in [3.05, 3.63) is 53.0 Å². The molecule has 28 heavy (non-hydrogen) atoms. The van der Waals surface area contributed by atoms with Crippen molar-refractivity contribution in [2.24, 2.45) is 0 Å². The van der Waals surface area contributed by atoms with Gasteiger partial charge in [-0.25, -0.2) is 4.98 Å². The minimum absolute atomic E-state index is 0.156. The molecule has 5 nitrogen and oxygen atoms in total. The van der Waals surface area contributed by atoms with Crippen LogP contribution in [-0.4, -0.2) is 46.5 Å². The largest absolute Gasteiger partial charge is 0.300 e. The smallest absolute Gasteiger partial charge is 0.228 e. The fourth-order valence-electron chi connectivity index (χ4n) is 4.70. The van der Waals surface area contributed by atoms with E-state index in [9.17, 15) is 4.79 Å². The van der Waals surface area contributed by atoms with Crippen molar-refractivity contribution in [1.29, 1.82) is 0 Å². The Balaban J connectivity index is 1.26. The number of hydrogen-bond donors (Lipinski definition) is 0. The number of carbonyl (C=O) groups is 1. The molecule has 1 aliphatic carbocycles. The molecule has 146 valence electrons. The molecule has 0 N–H and O–H groups in total. The molecule has 1 saturated carbocycles. The number of fused-ring (bicyclic) bond motifs is 1. The molecule has 1 aromatic carbocycles. The van der Waals surface area contributed by atoms with E-state index in [1.807, 2.05) is 6.20 Å². The summed E-state index contributed by atoms with van der Waals surface area (Å²) < 4.78 is 0. The first kappa shape index (κ1) is 17.8. The van der Waals surface area contributed by atoms with E-state index in [2.05, 4.69) is 33.1 Å². The van der Waals surface area contributed by atoms with Gasteiger partial charge in [0.25, 0.3) is 0 Å². The third kappa shape index (κ3) is 3.55. The maximum atomic E-state index is 11.9. The Morgan fingerprint density at radius 3 is 2.46 bits per heavy atom. The molecular weight excluding hydrogens is 348 g/mol. The quantitative estimate of drug-likeness (QED) is 0.823. The zero-order chi connectivity index (χ0) is 18.9. The molecule has 1 aromatic heterocycles. The molecule has 0 unspecified atom stereocenters. The number of anilines is 1. The van der Waals surface area contributed by atoms with Gasteiger partial charge >= 0.3 is 0 Å². The average molecular weight is 377 g/mol. The zero-order valence-corrected chi connectivity index (χ0v) is 16.4. The van der Waals surface area contributed by atoms with Crippen LogP contribution in [0.1, 0.15) is 54.5 Å². The molecular formula is C23H28N4O. The van der Waals surface area contributed by atoms with Crippen molar-refractivity contribution in [3.63, 3.8) is 0 Å². The number of carbonyl (C=O) groups excluding carboxylic acids is 1. The topological polar surface area (TPSA) is 49.3 Å².